The summed E-state index contributed by atoms with van der Waals surface area (Å²) < 4.78 is 4.20. The Labute approximate surface area is 83.8 Å². The molecule has 0 aromatic carbocycles. The fourth-order valence-electron chi connectivity index (χ4n) is 0.275. The van der Waals surface area contributed by atoms with Gasteiger partial charge in [-0.3, -0.25) is 9.59 Å². The molecule has 0 aliphatic rings. The third-order valence-corrected chi connectivity index (χ3v) is 0.621. The van der Waals surface area contributed by atoms with Crippen LogP contribution in [-0.2, 0) is 14.3 Å². The predicted octanol–water partition coefficient (Wildman–Crippen LogP) is -0.778. The Morgan fingerprint density at radius 2 is 1.89 bits per heavy atom. The molecule has 0 atom stereocenters. The molecule has 0 N–H and O–H groups in total. The van der Waals surface area contributed by atoms with Crippen LogP contribution in [0.3, 0.4) is 0 Å². The Bertz CT molecular complexity index is 111. The van der Waals surface area contributed by atoms with Gasteiger partial charge in [0.2, 0.25) is 0 Å². The molecule has 0 bridgehead atoms. The number of esters is 1. The van der Waals surface area contributed by atoms with Crippen molar-refractivity contribution in [2.45, 2.75) is 13.3 Å². The van der Waals surface area contributed by atoms with Crippen molar-refractivity contribution < 1.29 is 14.3 Å². The van der Waals surface area contributed by atoms with Crippen LogP contribution >= 0.6 is 0 Å². The van der Waals surface area contributed by atoms with E-state index in [1.54, 1.807) is 0 Å². The predicted molar refractivity (Wildman–Crippen MR) is 35.9 cm³/mol. The van der Waals surface area contributed by atoms with Gasteiger partial charge in [-0.1, -0.05) is 0 Å². The topological polar surface area (TPSA) is 43.4 Å². The molecule has 3 nitrogen and oxygen atoms in total. The quantitative estimate of drug-likeness (QED) is 0.301. The summed E-state index contributed by atoms with van der Waals surface area (Å²) in [6, 6.07) is 0. The van der Waals surface area contributed by atoms with Crippen molar-refractivity contribution in [2.75, 3.05) is 7.11 Å². The van der Waals surface area contributed by atoms with Crippen LogP contribution < -0.4 is 0 Å². The van der Waals surface area contributed by atoms with Crippen LogP contribution in [0.4, 0.5) is 0 Å². The Morgan fingerprint density at radius 3 is 2.00 bits per heavy atom. The monoisotopic (exact) mass is 158 g/mol. The fourth-order valence-corrected chi connectivity index (χ4v) is 0.275. The number of carbonyl (C=O) groups is 2. The van der Waals surface area contributed by atoms with Crippen molar-refractivity contribution in [2.24, 2.45) is 0 Å². The Hall–Kier alpha value is 0.400. The third kappa shape index (κ3) is 8.40. The van der Waals surface area contributed by atoms with Gasteiger partial charge >= 0.3 is 43.7 Å². The van der Waals surface area contributed by atoms with Crippen molar-refractivity contribution in [3.05, 3.63) is 0 Å². The normalized spacial score (nSPS) is 7.33. The molecule has 0 amide bonds. The van der Waals surface area contributed by atoms with Crippen LogP contribution in [-0.4, -0.2) is 56.6 Å². The zero-order chi connectivity index (χ0) is 6.57. The maximum atomic E-state index is 10.2. The van der Waals surface area contributed by atoms with Crippen LogP contribution in [0, 0.1) is 0 Å². The molecule has 0 aliphatic carbocycles. The van der Waals surface area contributed by atoms with E-state index >= 15 is 0 Å². The first-order chi connectivity index (χ1) is 3.66. The van der Waals surface area contributed by atoms with Gasteiger partial charge < -0.3 is 4.74 Å². The van der Waals surface area contributed by atoms with Crippen LogP contribution in [0.25, 0.3) is 0 Å². The second-order valence-electron chi connectivity index (χ2n) is 1.45. The van der Waals surface area contributed by atoms with Gasteiger partial charge in [-0.2, -0.15) is 0 Å². The summed E-state index contributed by atoms with van der Waals surface area (Å²) in [4.78, 5) is 20.3. The number of ether oxygens (including phenoxy) is 1. The molecule has 4 heteroatoms. The van der Waals surface area contributed by atoms with Crippen molar-refractivity contribution >= 4 is 49.5 Å². The molecule has 50 valence electrons. The summed E-state index contributed by atoms with van der Waals surface area (Å²) in [6.07, 6.45) is -0.115. The zero-order valence-electron chi connectivity index (χ0n) is 4.93. The summed E-state index contributed by atoms with van der Waals surface area (Å²) in [6.45, 7) is 1.34. The molecule has 0 rings (SSSR count). The molecule has 9 heavy (non-hydrogen) atoms. The molecule has 0 aromatic heterocycles. The molecular weight excluding hydrogens is 148 g/mol. The van der Waals surface area contributed by atoms with Gasteiger partial charge in [-0.05, 0) is 6.92 Å². The minimum atomic E-state index is -0.475. The average Bonchev–Trinajstić information content (AvgIpc) is 1.65. The third-order valence-electron chi connectivity index (χ3n) is 0.621. The van der Waals surface area contributed by atoms with Crippen LogP contribution in [0.15, 0.2) is 0 Å². The van der Waals surface area contributed by atoms with E-state index in [0.717, 1.165) is 0 Å². The SMILES string of the molecule is COC(=O)CC(C)=O.[CaH2]. The molecule has 0 aromatic rings. The number of ketones is 1. The van der Waals surface area contributed by atoms with Gasteiger partial charge in [0.25, 0.3) is 0 Å². The number of methoxy groups -OCH3 is 1. The fraction of sp³-hybridized carbons (Fsp3) is 0.600. The standard InChI is InChI=1S/C5H8O3.Ca.2H/c1-4(6)3-5(7)8-2;;;/h3H2,1-2H3;;;. The first kappa shape index (κ1) is 12.1. The van der Waals surface area contributed by atoms with Crippen molar-refractivity contribution in [1.29, 1.82) is 0 Å². The van der Waals surface area contributed by atoms with E-state index in [9.17, 15) is 9.59 Å². The van der Waals surface area contributed by atoms with E-state index < -0.39 is 5.97 Å². The molecule has 0 spiro atoms. The second-order valence-corrected chi connectivity index (χ2v) is 1.45. The molecule has 0 radical (unpaired) electrons. The first-order valence-corrected chi connectivity index (χ1v) is 2.23. The molecule has 0 unspecified atom stereocenters. The minimum absolute atomic E-state index is 0. The van der Waals surface area contributed by atoms with Crippen LogP contribution in [0.2, 0.25) is 0 Å². The zero-order valence-corrected chi connectivity index (χ0v) is 4.93. The molecule has 0 saturated heterocycles. The van der Waals surface area contributed by atoms with Crippen molar-refractivity contribution in [3.8, 4) is 0 Å². The Balaban J connectivity index is 0. The van der Waals surface area contributed by atoms with E-state index in [0.29, 0.717) is 0 Å². The van der Waals surface area contributed by atoms with Gasteiger partial charge in [0.15, 0.2) is 0 Å². The molecule has 0 aliphatic heterocycles. The van der Waals surface area contributed by atoms with Crippen LogP contribution in [0.5, 0.6) is 0 Å². The van der Waals surface area contributed by atoms with Gasteiger partial charge in [0.1, 0.15) is 12.2 Å². The van der Waals surface area contributed by atoms with Gasteiger partial charge in [-0.25, -0.2) is 0 Å². The summed E-state index contributed by atoms with van der Waals surface area (Å²) in [5, 5.41) is 0. The van der Waals surface area contributed by atoms with E-state index in [1.165, 1.54) is 14.0 Å². The van der Waals surface area contributed by atoms with Gasteiger partial charge in [0, 0.05) is 0 Å². The number of hydrogen-bond donors (Lipinski definition) is 0. The van der Waals surface area contributed by atoms with Gasteiger partial charge in [0.05, 0.1) is 7.11 Å². The second kappa shape index (κ2) is 6.52. The van der Waals surface area contributed by atoms with Gasteiger partial charge in [-0.15, -0.1) is 0 Å². The van der Waals surface area contributed by atoms with Crippen molar-refractivity contribution in [1.82, 2.24) is 0 Å². The van der Waals surface area contributed by atoms with E-state index in [-0.39, 0.29) is 49.9 Å². The number of rotatable bonds is 2. The Kier molecular flexibility index (Phi) is 8.77. The summed E-state index contributed by atoms with van der Waals surface area (Å²) >= 11 is 0. The van der Waals surface area contributed by atoms with Crippen molar-refractivity contribution in [3.63, 3.8) is 0 Å². The average molecular weight is 158 g/mol. The molecule has 0 heterocycles. The number of Topliss-reactive ketones (excluding diaryl/α,β-unsaturated/α-hetero) is 1. The van der Waals surface area contributed by atoms with E-state index in [1.807, 2.05) is 0 Å². The van der Waals surface area contributed by atoms with E-state index in [4.69, 9.17) is 0 Å². The van der Waals surface area contributed by atoms with E-state index in [2.05, 4.69) is 4.74 Å². The first-order valence-electron chi connectivity index (χ1n) is 2.23. The summed E-state index contributed by atoms with van der Waals surface area (Å²) in [7, 11) is 1.26. The molecule has 0 fully saturated rings. The molecule has 0 saturated carbocycles. The number of hydrogen-bond acceptors (Lipinski definition) is 3. The maximum absolute atomic E-state index is 10.2. The summed E-state index contributed by atoms with van der Waals surface area (Å²) in [5.41, 5.74) is 0. The molecular formula is C5H10CaO3. The van der Waals surface area contributed by atoms with Crippen LogP contribution in [0.1, 0.15) is 13.3 Å². The number of carbonyl (C=O) groups excluding carboxylic acids is 2. The summed E-state index contributed by atoms with van der Waals surface area (Å²) in [5.74, 6) is -0.644. The Morgan fingerprint density at radius 1 is 1.44 bits per heavy atom.